The van der Waals surface area contributed by atoms with Gasteiger partial charge in [0.2, 0.25) is 5.91 Å². The molecule has 2 aromatic rings. The van der Waals surface area contributed by atoms with E-state index in [1.807, 2.05) is 18.2 Å². The molecule has 5 nitrogen and oxygen atoms in total. The van der Waals surface area contributed by atoms with Crippen LogP contribution in [-0.2, 0) is 4.79 Å². The fraction of sp³-hybridized carbons (Fsp3) is 0.364. The summed E-state index contributed by atoms with van der Waals surface area (Å²) >= 11 is 5.84. The first kappa shape index (κ1) is 21.9. The van der Waals surface area contributed by atoms with Crippen LogP contribution in [0.2, 0.25) is 5.02 Å². The van der Waals surface area contributed by atoms with Crippen LogP contribution in [0.15, 0.2) is 54.6 Å². The fourth-order valence-electron chi connectivity index (χ4n) is 3.09. The van der Waals surface area contributed by atoms with Gasteiger partial charge in [-0.3, -0.25) is 14.5 Å². The van der Waals surface area contributed by atoms with Gasteiger partial charge in [-0.2, -0.15) is 0 Å². The second-order valence-electron chi connectivity index (χ2n) is 6.59. The summed E-state index contributed by atoms with van der Waals surface area (Å²) < 4.78 is 0. The third-order valence-electron chi connectivity index (χ3n) is 4.75. The van der Waals surface area contributed by atoms with Gasteiger partial charge < -0.3 is 10.6 Å². The van der Waals surface area contributed by atoms with Crippen molar-refractivity contribution >= 4 is 23.4 Å². The van der Waals surface area contributed by atoms with Gasteiger partial charge in [-0.15, -0.1) is 0 Å². The second kappa shape index (κ2) is 10.8. The summed E-state index contributed by atoms with van der Waals surface area (Å²) in [7, 11) is 0. The van der Waals surface area contributed by atoms with Crippen molar-refractivity contribution in [2.24, 2.45) is 0 Å². The molecule has 0 spiro atoms. The van der Waals surface area contributed by atoms with Crippen LogP contribution in [0, 0.1) is 0 Å². The zero-order valence-corrected chi connectivity index (χ0v) is 17.4. The van der Waals surface area contributed by atoms with Crippen molar-refractivity contribution in [2.75, 3.05) is 19.6 Å². The second-order valence-corrected chi connectivity index (χ2v) is 7.03. The molecule has 0 heterocycles. The maximum absolute atomic E-state index is 12.5. The Morgan fingerprint density at radius 2 is 1.61 bits per heavy atom. The number of halogens is 1. The van der Waals surface area contributed by atoms with Crippen molar-refractivity contribution in [2.45, 2.75) is 32.9 Å². The molecule has 0 fully saturated rings. The van der Waals surface area contributed by atoms with E-state index in [0.29, 0.717) is 17.1 Å². The molecule has 0 radical (unpaired) electrons. The number of hydrogen-bond acceptors (Lipinski definition) is 3. The molecule has 0 bridgehead atoms. The number of carbonyl (C=O) groups is 2. The molecular weight excluding hydrogens is 374 g/mol. The largest absolute Gasteiger partial charge is 0.352 e. The first-order chi connectivity index (χ1) is 13.5. The summed E-state index contributed by atoms with van der Waals surface area (Å²) in [6.45, 7) is 8.14. The molecule has 0 aliphatic rings. The van der Waals surface area contributed by atoms with E-state index >= 15 is 0 Å². The minimum atomic E-state index is -0.642. The molecule has 2 aromatic carbocycles. The molecular formula is C22H28ClN3O2. The lowest BCUT2D eigenvalue weighted by Gasteiger charge is -2.30. The summed E-state index contributed by atoms with van der Waals surface area (Å²) in [5, 5.41) is 6.27. The first-order valence-corrected chi connectivity index (χ1v) is 9.97. The number of hydrogen-bond donors (Lipinski definition) is 2. The molecule has 2 atom stereocenters. The van der Waals surface area contributed by atoms with E-state index in [1.165, 1.54) is 0 Å². The topological polar surface area (TPSA) is 61.4 Å². The standard InChI is InChI=1S/C22H28ClN3O2/c1-4-26(5-2)20(17-9-7-6-8-10-17)15-24-21(27)16(3)25-22(28)18-11-13-19(23)14-12-18/h6-14,16,20H,4-5,15H2,1-3H3,(H,24,27)(H,25,28). The van der Waals surface area contributed by atoms with E-state index in [2.05, 4.69) is 41.5 Å². The fourth-order valence-corrected chi connectivity index (χ4v) is 3.22. The van der Waals surface area contributed by atoms with Crippen molar-refractivity contribution in [1.82, 2.24) is 15.5 Å². The number of rotatable bonds is 9. The third-order valence-corrected chi connectivity index (χ3v) is 5.01. The Morgan fingerprint density at radius 3 is 2.18 bits per heavy atom. The van der Waals surface area contributed by atoms with Crippen LogP contribution in [0.4, 0.5) is 0 Å². The Balaban J connectivity index is 1.97. The number of nitrogens with one attached hydrogen (secondary N) is 2. The van der Waals surface area contributed by atoms with Crippen LogP contribution < -0.4 is 10.6 Å². The van der Waals surface area contributed by atoms with Gasteiger partial charge in [0.15, 0.2) is 0 Å². The van der Waals surface area contributed by atoms with Crippen LogP contribution in [-0.4, -0.2) is 42.4 Å². The molecule has 0 aliphatic carbocycles. The highest BCUT2D eigenvalue weighted by Gasteiger charge is 2.21. The quantitative estimate of drug-likeness (QED) is 0.674. The van der Waals surface area contributed by atoms with E-state index in [4.69, 9.17) is 11.6 Å². The van der Waals surface area contributed by atoms with Crippen LogP contribution >= 0.6 is 11.6 Å². The number of nitrogens with zero attached hydrogens (tertiary/aromatic N) is 1. The van der Waals surface area contributed by atoms with Gasteiger partial charge in [-0.05, 0) is 49.8 Å². The molecule has 2 unspecified atom stereocenters. The van der Waals surface area contributed by atoms with Crippen LogP contribution in [0.25, 0.3) is 0 Å². The molecule has 2 N–H and O–H groups in total. The summed E-state index contributed by atoms with van der Waals surface area (Å²) in [4.78, 5) is 27.1. The van der Waals surface area contributed by atoms with Gasteiger partial charge in [0.05, 0.1) is 6.04 Å². The Hall–Kier alpha value is -2.37. The highest BCUT2D eigenvalue weighted by Crippen LogP contribution is 2.19. The minimum Gasteiger partial charge on any atom is -0.352 e. The summed E-state index contributed by atoms with van der Waals surface area (Å²) in [5.74, 6) is -0.516. The van der Waals surface area contributed by atoms with Crippen molar-refractivity contribution in [3.63, 3.8) is 0 Å². The molecule has 150 valence electrons. The lowest BCUT2D eigenvalue weighted by molar-refractivity contribution is -0.122. The van der Waals surface area contributed by atoms with Crippen molar-refractivity contribution in [3.05, 3.63) is 70.7 Å². The Morgan fingerprint density at radius 1 is 1.00 bits per heavy atom. The van der Waals surface area contributed by atoms with E-state index in [1.54, 1.807) is 31.2 Å². The highest BCUT2D eigenvalue weighted by molar-refractivity contribution is 6.30. The molecule has 0 saturated carbocycles. The van der Waals surface area contributed by atoms with Gasteiger partial charge in [-0.1, -0.05) is 55.8 Å². The Labute approximate surface area is 172 Å². The van der Waals surface area contributed by atoms with E-state index in [0.717, 1.165) is 18.7 Å². The van der Waals surface area contributed by atoms with E-state index in [-0.39, 0.29) is 17.9 Å². The average Bonchev–Trinajstić information content (AvgIpc) is 2.71. The highest BCUT2D eigenvalue weighted by atomic mass is 35.5. The van der Waals surface area contributed by atoms with Gasteiger partial charge in [0, 0.05) is 17.1 Å². The van der Waals surface area contributed by atoms with E-state index < -0.39 is 6.04 Å². The molecule has 0 saturated heterocycles. The smallest absolute Gasteiger partial charge is 0.251 e. The summed E-state index contributed by atoms with van der Waals surface area (Å²) in [6.07, 6.45) is 0. The predicted octanol–water partition coefficient (Wildman–Crippen LogP) is 3.66. The van der Waals surface area contributed by atoms with Crippen LogP contribution in [0.3, 0.4) is 0 Å². The monoisotopic (exact) mass is 401 g/mol. The first-order valence-electron chi connectivity index (χ1n) is 9.59. The summed E-state index contributed by atoms with van der Waals surface area (Å²) in [6, 6.07) is 16.1. The van der Waals surface area contributed by atoms with Crippen molar-refractivity contribution in [1.29, 1.82) is 0 Å². The molecule has 6 heteroatoms. The van der Waals surface area contributed by atoms with Crippen molar-refractivity contribution < 1.29 is 9.59 Å². The molecule has 28 heavy (non-hydrogen) atoms. The third kappa shape index (κ3) is 6.08. The summed E-state index contributed by atoms with van der Waals surface area (Å²) in [5.41, 5.74) is 1.62. The number of likely N-dealkylation sites (N-methyl/N-ethyl adjacent to an activating group) is 1. The Kier molecular flexibility index (Phi) is 8.48. The van der Waals surface area contributed by atoms with Gasteiger partial charge in [0.1, 0.15) is 6.04 Å². The zero-order chi connectivity index (χ0) is 20.5. The predicted molar refractivity (Wildman–Crippen MR) is 113 cm³/mol. The zero-order valence-electron chi connectivity index (χ0n) is 16.6. The molecule has 0 aromatic heterocycles. The SMILES string of the molecule is CCN(CC)C(CNC(=O)C(C)NC(=O)c1ccc(Cl)cc1)c1ccccc1. The molecule has 2 amide bonds. The number of benzene rings is 2. The van der Waals surface area contributed by atoms with Gasteiger partial charge in [0.25, 0.3) is 5.91 Å². The molecule has 2 rings (SSSR count). The minimum absolute atomic E-state index is 0.0827. The van der Waals surface area contributed by atoms with E-state index in [9.17, 15) is 9.59 Å². The number of amides is 2. The van der Waals surface area contributed by atoms with Gasteiger partial charge in [-0.25, -0.2) is 0 Å². The Bertz CT molecular complexity index is 761. The van der Waals surface area contributed by atoms with Crippen LogP contribution in [0.5, 0.6) is 0 Å². The van der Waals surface area contributed by atoms with Crippen LogP contribution in [0.1, 0.15) is 42.7 Å². The lowest BCUT2D eigenvalue weighted by Crippen LogP contribution is -2.47. The maximum Gasteiger partial charge on any atom is 0.251 e. The lowest BCUT2D eigenvalue weighted by atomic mass is 10.0. The maximum atomic E-state index is 12.5. The normalized spacial score (nSPS) is 13.0. The molecule has 0 aliphatic heterocycles. The average molecular weight is 402 g/mol. The number of carbonyl (C=O) groups excluding carboxylic acids is 2. The van der Waals surface area contributed by atoms with Crippen molar-refractivity contribution in [3.8, 4) is 0 Å². The van der Waals surface area contributed by atoms with Gasteiger partial charge >= 0.3 is 0 Å².